The zero-order valence-corrected chi connectivity index (χ0v) is 20.0. The Morgan fingerprint density at radius 1 is 0.485 bits per heavy atom. The quantitative estimate of drug-likeness (QED) is 0.358. The van der Waals surface area contributed by atoms with Crippen LogP contribution in [-0.2, 0) is 42.7 Å². The molecule has 4 aromatic rings. The van der Waals surface area contributed by atoms with Crippen LogP contribution in [-0.4, -0.2) is 25.6 Å². The lowest BCUT2D eigenvalue weighted by Gasteiger charge is -2.09. The fraction of sp³-hybridized carbons (Fsp3) is 0.167. The summed E-state index contributed by atoms with van der Waals surface area (Å²) in [5.41, 5.74) is 5.78. The number of nitrogens with zero attached hydrogens (tertiary/aromatic N) is 2. The van der Waals surface area contributed by atoms with Crippen LogP contribution in [0.1, 0.15) is 22.3 Å². The summed E-state index contributed by atoms with van der Waals surface area (Å²) in [7, 11) is -6.78. The zero-order valence-electron chi connectivity index (χ0n) is 17.5. The molecule has 0 aliphatic carbocycles. The molecule has 0 N–H and O–H groups in total. The highest BCUT2D eigenvalue weighted by atomic mass is 32.2. The predicted molar refractivity (Wildman–Crippen MR) is 130 cm³/mol. The SMILES string of the molecule is O=S1(=O)Cc2ccc(cc2)CS(=O)(=O)Cc2ccc(cc2)-c2nsnc2-c2ccc(cc2)C1. The summed E-state index contributed by atoms with van der Waals surface area (Å²) in [5, 5.41) is 0. The third-order valence-corrected chi connectivity index (χ3v) is 9.13. The van der Waals surface area contributed by atoms with Gasteiger partial charge in [0.25, 0.3) is 0 Å². The smallest absolute Gasteiger partial charge is 0.158 e. The van der Waals surface area contributed by atoms with Gasteiger partial charge in [0, 0.05) is 11.1 Å². The van der Waals surface area contributed by atoms with E-state index in [9.17, 15) is 16.8 Å². The molecule has 168 valence electrons. The first-order valence-corrected chi connectivity index (χ1v) is 14.6. The molecule has 0 saturated heterocycles. The van der Waals surface area contributed by atoms with Gasteiger partial charge in [-0.3, -0.25) is 0 Å². The fourth-order valence-electron chi connectivity index (χ4n) is 3.93. The number of hydrogen-bond acceptors (Lipinski definition) is 7. The molecule has 0 spiro atoms. The minimum Gasteiger partial charge on any atom is -0.228 e. The van der Waals surface area contributed by atoms with Gasteiger partial charge in [-0.2, -0.15) is 8.75 Å². The number of rotatable bonds is 0. The Balaban J connectivity index is 1.59. The molecule has 9 heteroatoms. The highest BCUT2D eigenvalue weighted by Gasteiger charge is 2.18. The van der Waals surface area contributed by atoms with E-state index >= 15 is 0 Å². The van der Waals surface area contributed by atoms with Gasteiger partial charge in [0.05, 0.1) is 34.7 Å². The van der Waals surface area contributed by atoms with E-state index in [1.807, 2.05) is 48.5 Å². The predicted octanol–water partition coefficient (Wildman–Crippen LogP) is 4.42. The zero-order chi connectivity index (χ0) is 23.1. The van der Waals surface area contributed by atoms with Gasteiger partial charge < -0.3 is 0 Å². The number of fused-ring (bicyclic) bond motifs is 3. The molecule has 0 saturated carbocycles. The third-order valence-electron chi connectivity index (χ3n) is 5.51. The van der Waals surface area contributed by atoms with Crippen LogP contribution in [0.15, 0.2) is 72.8 Å². The van der Waals surface area contributed by atoms with E-state index < -0.39 is 19.7 Å². The summed E-state index contributed by atoms with van der Waals surface area (Å²) in [4.78, 5) is 0. The summed E-state index contributed by atoms with van der Waals surface area (Å²) in [6.07, 6.45) is 0. The average Bonchev–Trinajstić information content (AvgIpc) is 3.24. The highest BCUT2D eigenvalue weighted by Crippen LogP contribution is 2.31. The van der Waals surface area contributed by atoms with Crippen molar-refractivity contribution >= 4 is 31.4 Å². The lowest BCUT2D eigenvalue weighted by Crippen LogP contribution is -2.09. The maximum Gasteiger partial charge on any atom is 0.158 e. The minimum absolute atomic E-state index is 0.0763. The molecule has 0 amide bonds. The van der Waals surface area contributed by atoms with Gasteiger partial charge in [0.1, 0.15) is 11.4 Å². The molecule has 0 fully saturated rings. The van der Waals surface area contributed by atoms with Gasteiger partial charge in [0.2, 0.25) is 0 Å². The molecule has 8 rings (SSSR count). The van der Waals surface area contributed by atoms with Crippen molar-refractivity contribution in [1.29, 1.82) is 0 Å². The Kier molecular flexibility index (Phi) is 5.64. The molecule has 6 nitrogen and oxygen atoms in total. The summed E-state index contributed by atoms with van der Waals surface area (Å²) < 4.78 is 59.8. The second-order valence-corrected chi connectivity index (χ2v) is 12.9. The Morgan fingerprint density at radius 2 is 0.758 bits per heavy atom. The summed E-state index contributed by atoms with van der Waals surface area (Å²) in [5.74, 6) is -0.359. The van der Waals surface area contributed by atoms with Crippen LogP contribution in [0.5, 0.6) is 0 Å². The molecule has 3 aromatic carbocycles. The van der Waals surface area contributed by atoms with Gasteiger partial charge in [-0.05, 0) is 22.3 Å². The molecule has 4 aliphatic heterocycles. The van der Waals surface area contributed by atoms with Crippen LogP contribution >= 0.6 is 11.7 Å². The van der Waals surface area contributed by atoms with E-state index in [2.05, 4.69) is 8.75 Å². The number of hydrogen-bond donors (Lipinski definition) is 0. The molecular weight excluding hydrogens is 476 g/mol. The van der Waals surface area contributed by atoms with Gasteiger partial charge in [-0.25, -0.2) is 16.8 Å². The lowest BCUT2D eigenvalue weighted by molar-refractivity contribution is 0.592. The maximum absolute atomic E-state index is 12.7. The molecule has 1 aromatic heterocycles. The molecular formula is C24H20N2O4S3. The van der Waals surface area contributed by atoms with E-state index in [1.54, 1.807) is 24.3 Å². The topological polar surface area (TPSA) is 94.1 Å². The van der Waals surface area contributed by atoms with E-state index in [0.29, 0.717) is 33.6 Å². The Hall–Kier alpha value is -2.88. The average molecular weight is 497 g/mol. The van der Waals surface area contributed by atoms with Crippen LogP contribution in [0.25, 0.3) is 22.5 Å². The van der Waals surface area contributed by atoms with Gasteiger partial charge >= 0.3 is 0 Å². The number of sulfone groups is 2. The number of aromatic nitrogens is 2. The maximum atomic E-state index is 12.7. The van der Waals surface area contributed by atoms with Crippen molar-refractivity contribution in [2.75, 3.05) is 0 Å². The number of benzene rings is 3. The van der Waals surface area contributed by atoms with Crippen molar-refractivity contribution in [2.45, 2.75) is 23.0 Å². The molecule has 33 heavy (non-hydrogen) atoms. The van der Waals surface area contributed by atoms with Crippen molar-refractivity contribution < 1.29 is 16.8 Å². The first kappa shape index (κ1) is 21.9. The summed E-state index contributed by atoms with van der Waals surface area (Å²) in [6, 6.07) is 21.4. The third kappa shape index (κ3) is 5.05. The first-order chi connectivity index (χ1) is 15.8. The molecule has 5 heterocycles. The van der Waals surface area contributed by atoms with Crippen molar-refractivity contribution in [3.63, 3.8) is 0 Å². The van der Waals surface area contributed by atoms with Crippen molar-refractivity contribution in [1.82, 2.24) is 8.75 Å². The molecule has 0 radical (unpaired) electrons. The van der Waals surface area contributed by atoms with Crippen LogP contribution in [0.2, 0.25) is 0 Å². The van der Waals surface area contributed by atoms with E-state index in [-0.39, 0.29) is 23.0 Å². The molecule has 4 aliphatic rings. The van der Waals surface area contributed by atoms with E-state index in [0.717, 1.165) is 22.9 Å². The van der Waals surface area contributed by atoms with Gasteiger partial charge in [-0.15, -0.1) is 0 Å². The first-order valence-electron chi connectivity index (χ1n) is 10.3. The Morgan fingerprint density at radius 3 is 1.06 bits per heavy atom. The molecule has 6 bridgehead atoms. The van der Waals surface area contributed by atoms with Gasteiger partial charge in [0.15, 0.2) is 19.7 Å². The second kappa shape index (κ2) is 8.48. The standard InChI is InChI=1S/C24H20N2O4S3/c27-32(28)13-17-1-2-18(4-3-17)14-33(29,30)16-20-7-11-22(12-8-20)24-23(25-31-26-24)21-9-5-19(15-32)6-10-21/h1-12H,13-16H2. The Bertz CT molecular complexity index is 1390. The fourth-order valence-corrected chi connectivity index (χ4v) is 7.53. The summed E-state index contributed by atoms with van der Waals surface area (Å²) >= 11 is 1.10. The van der Waals surface area contributed by atoms with Crippen molar-refractivity contribution in [3.05, 3.63) is 95.1 Å². The van der Waals surface area contributed by atoms with E-state index in [4.69, 9.17) is 0 Å². The Labute approximate surface area is 197 Å². The van der Waals surface area contributed by atoms with Crippen molar-refractivity contribution in [2.24, 2.45) is 0 Å². The molecule has 0 unspecified atom stereocenters. The normalized spacial score (nSPS) is 17.0. The monoisotopic (exact) mass is 496 g/mol. The molecule has 0 atom stereocenters. The summed E-state index contributed by atoms with van der Waals surface area (Å²) in [6.45, 7) is 0. The van der Waals surface area contributed by atoms with Crippen LogP contribution in [0.3, 0.4) is 0 Å². The highest BCUT2D eigenvalue weighted by molar-refractivity contribution is 7.90. The lowest BCUT2D eigenvalue weighted by atomic mass is 10.0. The van der Waals surface area contributed by atoms with Gasteiger partial charge in [-0.1, -0.05) is 72.8 Å². The van der Waals surface area contributed by atoms with Crippen molar-refractivity contribution in [3.8, 4) is 22.5 Å². The van der Waals surface area contributed by atoms with Crippen LogP contribution in [0, 0.1) is 0 Å². The second-order valence-electron chi connectivity index (χ2n) is 8.24. The largest absolute Gasteiger partial charge is 0.228 e. The minimum atomic E-state index is -3.39. The van der Waals surface area contributed by atoms with Crippen LogP contribution in [0.4, 0.5) is 0 Å². The van der Waals surface area contributed by atoms with E-state index in [1.165, 1.54) is 0 Å². The van der Waals surface area contributed by atoms with Crippen LogP contribution < -0.4 is 0 Å².